The molecule has 4 nitrogen and oxygen atoms in total. The summed E-state index contributed by atoms with van der Waals surface area (Å²) < 4.78 is 6.66. The van der Waals surface area contributed by atoms with Gasteiger partial charge in [0, 0.05) is 24.8 Å². The van der Waals surface area contributed by atoms with Crippen molar-refractivity contribution in [3.63, 3.8) is 0 Å². The van der Waals surface area contributed by atoms with E-state index in [-0.39, 0.29) is 5.76 Å². The molecule has 84 valence electrons. The number of nitrogens with zero attached hydrogens (tertiary/aromatic N) is 1. The summed E-state index contributed by atoms with van der Waals surface area (Å²) in [5, 5.41) is 3.43. The second kappa shape index (κ2) is 3.40. The summed E-state index contributed by atoms with van der Waals surface area (Å²) in [5.41, 5.74) is 2.52. The van der Waals surface area contributed by atoms with E-state index in [1.54, 1.807) is 7.05 Å². The number of anilines is 1. The van der Waals surface area contributed by atoms with Crippen molar-refractivity contribution < 1.29 is 4.42 Å². The van der Waals surface area contributed by atoms with Gasteiger partial charge in [-0.15, -0.1) is 0 Å². The quantitative estimate of drug-likeness (QED) is 0.839. The van der Waals surface area contributed by atoms with Crippen LogP contribution >= 0.6 is 0 Å². The van der Waals surface area contributed by atoms with Crippen LogP contribution in [0.3, 0.4) is 0 Å². The molecule has 16 heavy (non-hydrogen) atoms. The maximum Gasteiger partial charge on any atom is 0.419 e. The third-order valence-electron chi connectivity index (χ3n) is 3.27. The van der Waals surface area contributed by atoms with Crippen molar-refractivity contribution in [3.8, 4) is 0 Å². The molecule has 1 aromatic carbocycles. The van der Waals surface area contributed by atoms with Gasteiger partial charge in [0.1, 0.15) is 0 Å². The van der Waals surface area contributed by atoms with Crippen molar-refractivity contribution in [1.82, 2.24) is 4.57 Å². The minimum Gasteiger partial charge on any atom is -0.408 e. The molecule has 0 saturated heterocycles. The first-order chi connectivity index (χ1) is 7.74. The van der Waals surface area contributed by atoms with E-state index in [0.29, 0.717) is 11.6 Å². The molecule has 1 aliphatic carbocycles. The van der Waals surface area contributed by atoms with Crippen LogP contribution in [-0.2, 0) is 7.05 Å². The first kappa shape index (κ1) is 9.51. The van der Waals surface area contributed by atoms with Gasteiger partial charge in [0.05, 0.1) is 5.52 Å². The fourth-order valence-corrected chi connectivity index (χ4v) is 2.01. The Morgan fingerprint density at radius 1 is 1.44 bits per heavy atom. The Hall–Kier alpha value is -1.71. The van der Waals surface area contributed by atoms with Crippen LogP contribution in [-0.4, -0.2) is 10.6 Å². The molecule has 4 heteroatoms. The minimum atomic E-state index is -0.309. The second-order valence-electron chi connectivity index (χ2n) is 4.38. The van der Waals surface area contributed by atoms with E-state index < -0.39 is 0 Å². The number of fused-ring (bicyclic) bond motifs is 1. The van der Waals surface area contributed by atoms with E-state index in [1.165, 1.54) is 23.8 Å². The number of oxazole rings is 1. The van der Waals surface area contributed by atoms with Gasteiger partial charge in [0.2, 0.25) is 0 Å². The lowest BCUT2D eigenvalue weighted by Gasteiger charge is -2.27. The summed E-state index contributed by atoms with van der Waals surface area (Å²) in [6.45, 7) is 0. The first-order valence-electron chi connectivity index (χ1n) is 5.60. The molecule has 1 N–H and O–H groups in total. The van der Waals surface area contributed by atoms with Crippen molar-refractivity contribution in [2.45, 2.75) is 25.3 Å². The SMILES string of the molecule is Cn1c(=O)oc2cc(NC3CCC3)ccc21. The topological polar surface area (TPSA) is 47.2 Å². The van der Waals surface area contributed by atoms with E-state index in [0.717, 1.165) is 11.2 Å². The highest BCUT2D eigenvalue weighted by atomic mass is 16.4. The van der Waals surface area contributed by atoms with Gasteiger partial charge in [-0.3, -0.25) is 4.57 Å². The molecule has 0 amide bonds. The molecule has 0 aliphatic heterocycles. The predicted octanol–water partition coefficient (Wildman–Crippen LogP) is 2.10. The minimum absolute atomic E-state index is 0.309. The summed E-state index contributed by atoms with van der Waals surface area (Å²) in [7, 11) is 1.72. The molecule has 1 heterocycles. The largest absolute Gasteiger partial charge is 0.419 e. The van der Waals surface area contributed by atoms with Crippen LogP contribution in [0, 0.1) is 0 Å². The molecule has 1 fully saturated rings. The molecule has 2 aromatic rings. The molecule has 3 rings (SSSR count). The number of hydrogen-bond acceptors (Lipinski definition) is 3. The Bertz CT molecular complexity index is 578. The Kier molecular flexibility index (Phi) is 2.02. The van der Waals surface area contributed by atoms with E-state index in [2.05, 4.69) is 5.32 Å². The summed E-state index contributed by atoms with van der Waals surface area (Å²) in [4.78, 5) is 11.3. The lowest BCUT2D eigenvalue weighted by molar-refractivity contribution is 0.445. The molecular weight excluding hydrogens is 204 g/mol. The van der Waals surface area contributed by atoms with Gasteiger partial charge in [-0.25, -0.2) is 4.79 Å². The molecule has 0 radical (unpaired) electrons. The number of benzene rings is 1. The van der Waals surface area contributed by atoms with Crippen molar-refractivity contribution in [2.24, 2.45) is 7.05 Å². The van der Waals surface area contributed by atoms with Crippen LogP contribution in [0.1, 0.15) is 19.3 Å². The number of rotatable bonds is 2. The zero-order valence-electron chi connectivity index (χ0n) is 9.19. The summed E-state index contributed by atoms with van der Waals surface area (Å²) in [5.74, 6) is -0.309. The van der Waals surface area contributed by atoms with Crippen LogP contribution < -0.4 is 11.1 Å². The second-order valence-corrected chi connectivity index (χ2v) is 4.38. The van der Waals surface area contributed by atoms with E-state index >= 15 is 0 Å². The van der Waals surface area contributed by atoms with Crippen molar-refractivity contribution in [3.05, 3.63) is 28.7 Å². The van der Waals surface area contributed by atoms with Crippen LogP contribution in [0.25, 0.3) is 11.1 Å². The molecule has 0 spiro atoms. The zero-order chi connectivity index (χ0) is 11.1. The lowest BCUT2D eigenvalue weighted by Crippen LogP contribution is -2.26. The predicted molar refractivity (Wildman–Crippen MR) is 62.7 cm³/mol. The van der Waals surface area contributed by atoms with Gasteiger partial charge in [0.15, 0.2) is 5.58 Å². The monoisotopic (exact) mass is 218 g/mol. The third-order valence-corrected chi connectivity index (χ3v) is 3.27. The average Bonchev–Trinajstić information content (AvgIpc) is 2.49. The Morgan fingerprint density at radius 2 is 2.25 bits per heavy atom. The highest BCUT2D eigenvalue weighted by Gasteiger charge is 2.17. The maximum absolute atomic E-state index is 11.3. The first-order valence-corrected chi connectivity index (χ1v) is 5.60. The fourth-order valence-electron chi connectivity index (χ4n) is 2.01. The van der Waals surface area contributed by atoms with Crippen LogP contribution in [0.2, 0.25) is 0 Å². The van der Waals surface area contributed by atoms with Crippen LogP contribution in [0.5, 0.6) is 0 Å². The smallest absolute Gasteiger partial charge is 0.408 e. The van der Waals surface area contributed by atoms with E-state index in [9.17, 15) is 4.79 Å². The number of aromatic nitrogens is 1. The van der Waals surface area contributed by atoms with Gasteiger partial charge < -0.3 is 9.73 Å². The highest BCUT2D eigenvalue weighted by molar-refractivity contribution is 5.77. The summed E-state index contributed by atoms with van der Waals surface area (Å²) in [6, 6.07) is 6.40. The summed E-state index contributed by atoms with van der Waals surface area (Å²) >= 11 is 0. The molecule has 1 saturated carbocycles. The van der Waals surface area contributed by atoms with E-state index in [4.69, 9.17) is 4.42 Å². The van der Waals surface area contributed by atoms with Gasteiger partial charge in [-0.1, -0.05) is 0 Å². The van der Waals surface area contributed by atoms with Crippen LogP contribution in [0.15, 0.2) is 27.4 Å². The number of aryl methyl sites for hydroxylation is 1. The Labute approximate surface area is 92.9 Å². The molecule has 0 atom stereocenters. The van der Waals surface area contributed by atoms with Gasteiger partial charge in [-0.05, 0) is 31.4 Å². The average molecular weight is 218 g/mol. The Balaban J connectivity index is 1.98. The van der Waals surface area contributed by atoms with Gasteiger partial charge in [-0.2, -0.15) is 0 Å². The molecule has 0 bridgehead atoms. The molecule has 1 aromatic heterocycles. The van der Waals surface area contributed by atoms with Crippen LogP contribution in [0.4, 0.5) is 5.69 Å². The standard InChI is InChI=1S/C12H14N2O2/c1-14-10-6-5-9(13-8-3-2-4-8)7-11(10)16-12(14)15/h5-8,13H,2-4H2,1H3. The lowest BCUT2D eigenvalue weighted by atomic mass is 9.93. The maximum atomic E-state index is 11.3. The molecule has 1 aliphatic rings. The molecule has 0 unspecified atom stereocenters. The normalized spacial score (nSPS) is 16.3. The van der Waals surface area contributed by atoms with Gasteiger partial charge in [0.25, 0.3) is 0 Å². The van der Waals surface area contributed by atoms with Crippen molar-refractivity contribution in [2.75, 3.05) is 5.32 Å². The van der Waals surface area contributed by atoms with Crippen molar-refractivity contribution in [1.29, 1.82) is 0 Å². The third kappa shape index (κ3) is 1.41. The Morgan fingerprint density at radius 3 is 2.94 bits per heavy atom. The number of hydrogen-bond donors (Lipinski definition) is 1. The molecular formula is C12H14N2O2. The van der Waals surface area contributed by atoms with E-state index in [1.807, 2.05) is 18.2 Å². The van der Waals surface area contributed by atoms with Crippen molar-refractivity contribution >= 4 is 16.8 Å². The highest BCUT2D eigenvalue weighted by Crippen LogP contribution is 2.25. The summed E-state index contributed by atoms with van der Waals surface area (Å²) in [6.07, 6.45) is 3.77. The number of nitrogens with one attached hydrogen (secondary N) is 1. The van der Waals surface area contributed by atoms with Gasteiger partial charge >= 0.3 is 5.76 Å². The zero-order valence-corrected chi connectivity index (χ0v) is 9.19. The fraction of sp³-hybridized carbons (Fsp3) is 0.417.